The number of hydrogen-bond acceptors (Lipinski definition) is 3. The van der Waals surface area contributed by atoms with Gasteiger partial charge in [0.15, 0.2) is 0 Å². The molecule has 0 N–H and O–H groups in total. The molecule has 1 amide bonds. The molecule has 22 heavy (non-hydrogen) atoms. The van der Waals surface area contributed by atoms with Gasteiger partial charge in [-0.05, 0) is 40.5 Å². The molecule has 0 aromatic rings. The first-order valence-electron chi connectivity index (χ1n) is 8.75. The largest absolute Gasteiger partial charge is 0.458 e. The van der Waals surface area contributed by atoms with E-state index >= 15 is 0 Å². The first-order chi connectivity index (χ1) is 10.2. The van der Waals surface area contributed by atoms with Gasteiger partial charge in [-0.3, -0.25) is 4.79 Å². The zero-order chi connectivity index (χ0) is 17.2. The van der Waals surface area contributed by atoms with Crippen molar-refractivity contribution in [2.45, 2.75) is 98.1 Å². The Morgan fingerprint density at radius 2 is 1.59 bits per heavy atom. The number of carbonyl (C=O) groups is 2. The number of esters is 1. The third kappa shape index (κ3) is 9.06. The standard InChI is InChI=1S/C18H35NO3/c1-7-9-11-12-13-16(20)19(14-10-8-2)15(3)17(21)22-18(4,5)6/h15H,7-14H2,1-6H3. The number of hydrogen-bond donors (Lipinski definition) is 0. The highest BCUT2D eigenvalue weighted by Gasteiger charge is 2.29. The molecule has 0 heterocycles. The number of unbranched alkanes of at least 4 members (excludes halogenated alkanes) is 4. The molecule has 0 aromatic carbocycles. The van der Waals surface area contributed by atoms with Crippen LogP contribution in [-0.2, 0) is 14.3 Å². The lowest BCUT2D eigenvalue weighted by Gasteiger charge is -2.30. The van der Waals surface area contributed by atoms with Crippen LogP contribution < -0.4 is 0 Å². The van der Waals surface area contributed by atoms with Crippen LogP contribution in [0.15, 0.2) is 0 Å². The summed E-state index contributed by atoms with van der Waals surface area (Å²) in [5, 5.41) is 0. The lowest BCUT2D eigenvalue weighted by molar-refractivity contribution is -0.164. The summed E-state index contributed by atoms with van der Waals surface area (Å²) < 4.78 is 5.42. The predicted octanol–water partition coefficient (Wildman–Crippen LogP) is 4.32. The molecule has 0 rings (SSSR count). The Morgan fingerprint density at radius 1 is 1.00 bits per heavy atom. The Kier molecular flexibility index (Phi) is 10.1. The number of rotatable bonds is 10. The minimum Gasteiger partial charge on any atom is -0.458 e. The van der Waals surface area contributed by atoms with Crippen molar-refractivity contribution < 1.29 is 14.3 Å². The Balaban J connectivity index is 4.65. The van der Waals surface area contributed by atoms with Gasteiger partial charge >= 0.3 is 5.97 Å². The van der Waals surface area contributed by atoms with E-state index < -0.39 is 11.6 Å². The van der Waals surface area contributed by atoms with Crippen molar-refractivity contribution in [1.82, 2.24) is 4.90 Å². The highest BCUT2D eigenvalue weighted by Crippen LogP contribution is 2.14. The highest BCUT2D eigenvalue weighted by atomic mass is 16.6. The molecule has 1 atom stereocenters. The van der Waals surface area contributed by atoms with Crippen molar-refractivity contribution in [3.8, 4) is 0 Å². The molecule has 4 heteroatoms. The van der Waals surface area contributed by atoms with E-state index in [0.29, 0.717) is 13.0 Å². The second kappa shape index (κ2) is 10.6. The lowest BCUT2D eigenvalue weighted by Crippen LogP contribution is -2.46. The Bertz CT molecular complexity index is 334. The summed E-state index contributed by atoms with van der Waals surface area (Å²) in [6, 6.07) is -0.510. The van der Waals surface area contributed by atoms with E-state index in [1.165, 1.54) is 0 Å². The average Bonchev–Trinajstić information content (AvgIpc) is 2.42. The maximum atomic E-state index is 12.4. The van der Waals surface area contributed by atoms with Crippen LogP contribution in [-0.4, -0.2) is 35.0 Å². The molecule has 0 aliphatic heterocycles. The number of carbonyl (C=O) groups excluding carboxylic acids is 2. The van der Waals surface area contributed by atoms with Crippen molar-refractivity contribution in [3.63, 3.8) is 0 Å². The van der Waals surface area contributed by atoms with E-state index in [2.05, 4.69) is 13.8 Å². The van der Waals surface area contributed by atoms with Gasteiger partial charge in [0.1, 0.15) is 11.6 Å². The highest BCUT2D eigenvalue weighted by molar-refractivity contribution is 5.84. The smallest absolute Gasteiger partial charge is 0.329 e. The number of nitrogens with zero attached hydrogens (tertiary/aromatic N) is 1. The molecule has 130 valence electrons. The van der Waals surface area contributed by atoms with Crippen molar-refractivity contribution in [2.75, 3.05) is 6.54 Å². The van der Waals surface area contributed by atoms with Crippen LogP contribution >= 0.6 is 0 Å². The fraction of sp³-hybridized carbons (Fsp3) is 0.889. The summed E-state index contributed by atoms with van der Waals surface area (Å²) in [4.78, 5) is 26.4. The Morgan fingerprint density at radius 3 is 2.09 bits per heavy atom. The Hall–Kier alpha value is -1.06. The second-order valence-corrected chi connectivity index (χ2v) is 6.96. The molecule has 0 aliphatic rings. The van der Waals surface area contributed by atoms with Crippen LogP contribution in [0, 0.1) is 0 Å². The van der Waals surface area contributed by atoms with Crippen molar-refractivity contribution in [3.05, 3.63) is 0 Å². The molecular weight excluding hydrogens is 278 g/mol. The van der Waals surface area contributed by atoms with Gasteiger partial charge in [-0.2, -0.15) is 0 Å². The molecule has 0 fully saturated rings. The van der Waals surface area contributed by atoms with Gasteiger partial charge in [-0.25, -0.2) is 4.79 Å². The molecule has 0 aliphatic carbocycles. The molecule has 1 unspecified atom stereocenters. The quantitative estimate of drug-likeness (QED) is 0.446. The summed E-state index contributed by atoms with van der Waals surface area (Å²) in [6.45, 7) is 12.2. The molecule has 0 saturated heterocycles. The average molecular weight is 313 g/mol. The zero-order valence-corrected chi connectivity index (χ0v) is 15.4. The van der Waals surface area contributed by atoms with Crippen LogP contribution in [0.4, 0.5) is 0 Å². The normalized spacial score (nSPS) is 12.8. The molecule has 0 aromatic heterocycles. The molecule has 4 nitrogen and oxygen atoms in total. The van der Waals surface area contributed by atoms with E-state index in [9.17, 15) is 9.59 Å². The second-order valence-electron chi connectivity index (χ2n) is 6.96. The van der Waals surface area contributed by atoms with Crippen LogP contribution in [0.2, 0.25) is 0 Å². The van der Waals surface area contributed by atoms with Gasteiger partial charge < -0.3 is 9.64 Å². The van der Waals surface area contributed by atoms with Crippen LogP contribution in [0.1, 0.15) is 86.5 Å². The molecule has 0 spiro atoms. The first-order valence-corrected chi connectivity index (χ1v) is 8.75. The SMILES string of the molecule is CCCCCCC(=O)N(CCCC)C(C)C(=O)OC(C)(C)C. The maximum absolute atomic E-state index is 12.4. The van der Waals surface area contributed by atoms with Crippen molar-refractivity contribution >= 4 is 11.9 Å². The van der Waals surface area contributed by atoms with E-state index in [1.54, 1.807) is 11.8 Å². The van der Waals surface area contributed by atoms with Gasteiger partial charge in [-0.15, -0.1) is 0 Å². The predicted molar refractivity (Wildman–Crippen MR) is 90.7 cm³/mol. The number of amides is 1. The zero-order valence-electron chi connectivity index (χ0n) is 15.4. The molecule has 0 saturated carbocycles. The van der Waals surface area contributed by atoms with Gasteiger partial charge in [0.25, 0.3) is 0 Å². The summed E-state index contributed by atoms with van der Waals surface area (Å²) in [5.41, 5.74) is -0.522. The van der Waals surface area contributed by atoms with Crippen LogP contribution in [0.3, 0.4) is 0 Å². The fourth-order valence-corrected chi connectivity index (χ4v) is 2.22. The van der Waals surface area contributed by atoms with E-state index in [0.717, 1.165) is 38.5 Å². The van der Waals surface area contributed by atoms with Crippen LogP contribution in [0.5, 0.6) is 0 Å². The van der Waals surface area contributed by atoms with Crippen LogP contribution in [0.25, 0.3) is 0 Å². The van der Waals surface area contributed by atoms with E-state index in [-0.39, 0.29) is 11.9 Å². The maximum Gasteiger partial charge on any atom is 0.329 e. The molecule has 0 bridgehead atoms. The van der Waals surface area contributed by atoms with E-state index in [1.807, 2.05) is 20.8 Å². The minimum atomic E-state index is -0.522. The van der Waals surface area contributed by atoms with Crippen molar-refractivity contribution in [1.29, 1.82) is 0 Å². The minimum absolute atomic E-state index is 0.0721. The topological polar surface area (TPSA) is 46.6 Å². The lowest BCUT2D eigenvalue weighted by atomic mass is 10.1. The van der Waals surface area contributed by atoms with Gasteiger partial charge in [-0.1, -0.05) is 39.5 Å². The van der Waals surface area contributed by atoms with E-state index in [4.69, 9.17) is 4.74 Å². The summed E-state index contributed by atoms with van der Waals surface area (Å²) in [7, 11) is 0. The fourth-order valence-electron chi connectivity index (χ4n) is 2.22. The Labute approximate surface area is 136 Å². The molecular formula is C18H35NO3. The first kappa shape index (κ1) is 20.9. The molecule has 0 radical (unpaired) electrons. The third-order valence-corrected chi connectivity index (χ3v) is 3.53. The van der Waals surface area contributed by atoms with Crippen molar-refractivity contribution in [2.24, 2.45) is 0 Å². The number of ether oxygens (including phenoxy) is 1. The van der Waals surface area contributed by atoms with Gasteiger partial charge in [0, 0.05) is 13.0 Å². The third-order valence-electron chi connectivity index (χ3n) is 3.53. The summed E-state index contributed by atoms with van der Waals surface area (Å²) in [6.07, 6.45) is 6.72. The summed E-state index contributed by atoms with van der Waals surface area (Å²) >= 11 is 0. The van der Waals surface area contributed by atoms with Gasteiger partial charge in [0.2, 0.25) is 5.91 Å². The monoisotopic (exact) mass is 313 g/mol. The summed E-state index contributed by atoms with van der Waals surface area (Å²) in [5.74, 6) is -0.242. The van der Waals surface area contributed by atoms with Gasteiger partial charge in [0.05, 0.1) is 0 Å².